The number of rotatable bonds is 6. The van der Waals surface area contributed by atoms with E-state index in [1.54, 1.807) is 14.2 Å². The average Bonchev–Trinajstić information content (AvgIpc) is 2.48. The van der Waals surface area contributed by atoms with E-state index in [1.807, 2.05) is 48.5 Å². The molecule has 106 valence electrons. The minimum Gasteiger partial charge on any atom is -0.497 e. The summed E-state index contributed by atoms with van der Waals surface area (Å²) in [6.07, 6.45) is 0.717. The van der Waals surface area contributed by atoms with E-state index in [2.05, 4.69) is 0 Å². The number of aliphatic hydroxyl groups is 1. The van der Waals surface area contributed by atoms with Gasteiger partial charge in [-0.15, -0.1) is 0 Å². The fourth-order valence-corrected chi connectivity index (χ4v) is 2.27. The van der Waals surface area contributed by atoms with Crippen molar-refractivity contribution in [3.63, 3.8) is 0 Å². The Hall–Kier alpha value is -2.00. The van der Waals surface area contributed by atoms with Crippen LogP contribution in [0.3, 0.4) is 0 Å². The Labute approximate surface area is 119 Å². The van der Waals surface area contributed by atoms with Gasteiger partial charge in [-0.1, -0.05) is 30.3 Å². The van der Waals surface area contributed by atoms with Crippen molar-refractivity contribution in [1.29, 1.82) is 0 Å². The smallest absolute Gasteiger partial charge is 0.122 e. The van der Waals surface area contributed by atoms with Gasteiger partial charge in [0, 0.05) is 6.42 Å². The Kier molecular flexibility index (Phi) is 5.02. The second kappa shape index (κ2) is 6.96. The molecule has 0 radical (unpaired) electrons. The topological polar surface area (TPSA) is 38.7 Å². The number of hydrogen-bond acceptors (Lipinski definition) is 3. The van der Waals surface area contributed by atoms with E-state index in [-0.39, 0.29) is 0 Å². The molecule has 2 aromatic rings. The van der Waals surface area contributed by atoms with Crippen molar-refractivity contribution >= 4 is 0 Å². The Balaban J connectivity index is 2.03. The van der Waals surface area contributed by atoms with Gasteiger partial charge in [-0.3, -0.25) is 0 Å². The molecule has 0 heterocycles. The zero-order valence-electron chi connectivity index (χ0n) is 11.9. The lowest BCUT2D eigenvalue weighted by Gasteiger charge is -2.14. The van der Waals surface area contributed by atoms with E-state index in [1.165, 1.54) is 0 Å². The molecule has 3 heteroatoms. The molecule has 1 unspecified atom stereocenters. The second-order valence-electron chi connectivity index (χ2n) is 4.73. The molecule has 3 nitrogen and oxygen atoms in total. The van der Waals surface area contributed by atoms with Crippen molar-refractivity contribution in [3.05, 3.63) is 59.7 Å². The van der Waals surface area contributed by atoms with E-state index < -0.39 is 6.10 Å². The maximum atomic E-state index is 10.2. The summed E-state index contributed by atoms with van der Waals surface area (Å²) in [6, 6.07) is 15.5. The molecule has 0 bridgehead atoms. The Morgan fingerprint density at radius 3 is 2.50 bits per heavy atom. The summed E-state index contributed by atoms with van der Waals surface area (Å²) < 4.78 is 10.5. The quantitative estimate of drug-likeness (QED) is 0.879. The molecule has 0 aliphatic carbocycles. The van der Waals surface area contributed by atoms with Gasteiger partial charge >= 0.3 is 0 Å². The van der Waals surface area contributed by atoms with Crippen LogP contribution in [-0.2, 0) is 12.8 Å². The first-order chi connectivity index (χ1) is 9.72. The minimum atomic E-state index is -0.446. The van der Waals surface area contributed by atoms with Gasteiger partial charge in [0.15, 0.2) is 0 Å². The normalized spacial score (nSPS) is 11.9. The zero-order chi connectivity index (χ0) is 14.4. The van der Waals surface area contributed by atoms with Crippen LogP contribution in [0.4, 0.5) is 0 Å². The molecule has 1 N–H and O–H groups in total. The monoisotopic (exact) mass is 272 g/mol. The van der Waals surface area contributed by atoms with Crippen LogP contribution in [0.5, 0.6) is 11.5 Å². The summed E-state index contributed by atoms with van der Waals surface area (Å²) in [4.78, 5) is 0. The highest BCUT2D eigenvalue weighted by Gasteiger charge is 2.10. The first-order valence-corrected chi connectivity index (χ1v) is 6.66. The third-order valence-corrected chi connectivity index (χ3v) is 3.25. The molecular weight excluding hydrogens is 252 g/mol. The van der Waals surface area contributed by atoms with Gasteiger partial charge in [-0.25, -0.2) is 0 Å². The van der Waals surface area contributed by atoms with Crippen molar-refractivity contribution in [2.75, 3.05) is 14.2 Å². The first-order valence-electron chi connectivity index (χ1n) is 6.66. The highest BCUT2D eigenvalue weighted by molar-refractivity contribution is 5.34. The number of aliphatic hydroxyl groups excluding tert-OH is 1. The summed E-state index contributed by atoms with van der Waals surface area (Å²) in [5.41, 5.74) is 2.08. The van der Waals surface area contributed by atoms with Gasteiger partial charge in [-0.2, -0.15) is 0 Å². The molecule has 0 saturated carbocycles. The van der Waals surface area contributed by atoms with Crippen LogP contribution in [0.25, 0.3) is 0 Å². The van der Waals surface area contributed by atoms with Gasteiger partial charge in [0.05, 0.1) is 20.3 Å². The maximum Gasteiger partial charge on any atom is 0.122 e. The van der Waals surface area contributed by atoms with E-state index in [4.69, 9.17) is 9.47 Å². The minimum absolute atomic E-state index is 0.446. The average molecular weight is 272 g/mol. The highest BCUT2D eigenvalue weighted by atomic mass is 16.5. The van der Waals surface area contributed by atoms with E-state index in [0.717, 1.165) is 22.6 Å². The van der Waals surface area contributed by atoms with Gasteiger partial charge in [0.25, 0.3) is 0 Å². The predicted molar refractivity (Wildman–Crippen MR) is 79.4 cm³/mol. The molecule has 0 saturated heterocycles. The fraction of sp³-hybridized carbons (Fsp3) is 0.294. The zero-order valence-corrected chi connectivity index (χ0v) is 11.9. The summed E-state index contributed by atoms with van der Waals surface area (Å²) >= 11 is 0. The van der Waals surface area contributed by atoms with Gasteiger partial charge in [-0.05, 0) is 35.7 Å². The van der Waals surface area contributed by atoms with Gasteiger partial charge in [0.1, 0.15) is 11.5 Å². The van der Waals surface area contributed by atoms with Crippen molar-refractivity contribution in [2.45, 2.75) is 18.9 Å². The number of ether oxygens (including phenoxy) is 2. The summed E-state index contributed by atoms with van der Waals surface area (Å²) in [7, 11) is 3.29. The molecule has 0 aliphatic heterocycles. The predicted octanol–water partition coefficient (Wildman–Crippen LogP) is 2.85. The van der Waals surface area contributed by atoms with Crippen molar-refractivity contribution in [2.24, 2.45) is 0 Å². The van der Waals surface area contributed by atoms with Gasteiger partial charge < -0.3 is 14.6 Å². The van der Waals surface area contributed by atoms with Crippen LogP contribution in [-0.4, -0.2) is 25.4 Å². The Morgan fingerprint density at radius 2 is 1.75 bits per heavy atom. The number of para-hydroxylation sites is 1. The molecule has 0 spiro atoms. The molecule has 0 aliphatic rings. The summed E-state index contributed by atoms with van der Waals surface area (Å²) in [5, 5.41) is 10.2. The molecule has 1 atom stereocenters. The van der Waals surface area contributed by atoms with Crippen molar-refractivity contribution < 1.29 is 14.6 Å². The molecule has 0 amide bonds. The van der Waals surface area contributed by atoms with Crippen molar-refractivity contribution in [3.8, 4) is 11.5 Å². The fourth-order valence-electron chi connectivity index (χ4n) is 2.27. The second-order valence-corrected chi connectivity index (χ2v) is 4.73. The highest BCUT2D eigenvalue weighted by Crippen LogP contribution is 2.21. The third-order valence-electron chi connectivity index (χ3n) is 3.25. The number of benzene rings is 2. The largest absolute Gasteiger partial charge is 0.497 e. The molecule has 2 rings (SSSR count). The van der Waals surface area contributed by atoms with Crippen LogP contribution in [0.2, 0.25) is 0 Å². The number of methoxy groups -OCH3 is 2. The molecular formula is C17H20O3. The van der Waals surface area contributed by atoms with Crippen molar-refractivity contribution in [1.82, 2.24) is 0 Å². The molecule has 20 heavy (non-hydrogen) atoms. The molecule has 0 aromatic heterocycles. The third kappa shape index (κ3) is 3.75. The SMILES string of the molecule is COc1cccc(CC(O)Cc2ccccc2OC)c1. The molecule has 0 fully saturated rings. The summed E-state index contributed by atoms with van der Waals surface area (Å²) in [5.74, 6) is 1.63. The van der Waals surface area contributed by atoms with E-state index >= 15 is 0 Å². The van der Waals surface area contributed by atoms with Crippen LogP contribution in [0, 0.1) is 0 Å². The van der Waals surface area contributed by atoms with Gasteiger partial charge in [0.2, 0.25) is 0 Å². The van der Waals surface area contributed by atoms with Crippen LogP contribution in [0.1, 0.15) is 11.1 Å². The molecule has 2 aromatic carbocycles. The lowest BCUT2D eigenvalue weighted by atomic mass is 10.0. The maximum absolute atomic E-state index is 10.2. The summed E-state index contributed by atoms with van der Waals surface area (Å²) in [6.45, 7) is 0. The van der Waals surface area contributed by atoms with Crippen LogP contribution < -0.4 is 9.47 Å². The van der Waals surface area contributed by atoms with Crippen LogP contribution in [0.15, 0.2) is 48.5 Å². The standard InChI is InChI=1S/C17H20O3/c1-19-16-8-5-6-13(11-16)10-15(18)12-14-7-3-4-9-17(14)20-2/h3-9,11,15,18H,10,12H2,1-2H3. The van der Waals surface area contributed by atoms with E-state index in [0.29, 0.717) is 12.8 Å². The first kappa shape index (κ1) is 14.4. The lowest BCUT2D eigenvalue weighted by molar-refractivity contribution is 0.174. The number of hydrogen-bond donors (Lipinski definition) is 1. The van der Waals surface area contributed by atoms with Crippen LogP contribution >= 0.6 is 0 Å². The Bertz CT molecular complexity index is 551. The lowest BCUT2D eigenvalue weighted by Crippen LogP contribution is -2.14. The van der Waals surface area contributed by atoms with E-state index in [9.17, 15) is 5.11 Å². The Morgan fingerprint density at radius 1 is 0.950 bits per heavy atom.